The SMILES string of the molecule is O=C(c1cccc(Cl)c1)N1CCN(Cc2cc3c(cc2Br)OCO3)CC1. The van der Waals surface area contributed by atoms with Crippen LogP contribution in [0.15, 0.2) is 40.9 Å². The van der Waals surface area contributed by atoms with Crippen LogP contribution in [0.3, 0.4) is 0 Å². The highest BCUT2D eigenvalue weighted by Crippen LogP contribution is 2.37. The average Bonchev–Trinajstić information content (AvgIpc) is 3.09. The van der Waals surface area contributed by atoms with Crippen molar-refractivity contribution in [2.45, 2.75) is 6.54 Å². The molecule has 4 rings (SSSR count). The number of amides is 1. The first-order chi connectivity index (χ1) is 12.6. The average molecular weight is 438 g/mol. The van der Waals surface area contributed by atoms with Gasteiger partial charge in [-0.2, -0.15) is 0 Å². The van der Waals surface area contributed by atoms with E-state index >= 15 is 0 Å². The Morgan fingerprint density at radius 1 is 1.08 bits per heavy atom. The highest BCUT2D eigenvalue weighted by atomic mass is 79.9. The van der Waals surface area contributed by atoms with Crippen LogP contribution >= 0.6 is 27.5 Å². The largest absolute Gasteiger partial charge is 0.454 e. The number of nitrogens with zero attached hydrogens (tertiary/aromatic N) is 2. The molecular formula is C19H18BrClN2O3. The molecule has 0 aromatic heterocycles. The minimum atomic E-state index is 0.0383. The number of carbonyl (C=O) groups is 1. The lowest BCUT2D eigenvalue weighted by molar-refractivity contribution is 0.0628. The molecule has 2 aromatic carbocycles. The summed E-state index contributed by atoms with van der Waals surface area (Å²) < 4.78 is 11.9. The van der Waals surface area contributed by atoms with Gasteiger partial charge in [-0.15, -0.1) is 0 Å². The second kappa shape index (κ2) is 7.47. The van der Waals surface area contributed by atoms with Crippen molar-refractivity contribution in [1.82, 2.24) is 9.80 Å². The zero-order valence-corrected chi connectivity index (χ0v) is 16.4. The van der Waals surface area contributed by atoms with Gasteiger partial charge in [-0.3, -0.25) is 9.69 Å². The van der Waals surface area contributed by atoms with Crippen molar-refractivity contribution in [3.8, 4) is 11.5 Å². The molecular weight excluding hydrogens is 420 g/mol. The first kappa shape index (κ1) is 17.6. The lowest BCUT2D eigenvalue weighted by Gasteiger charge is -2.35. The van der Waals surface area contributed by atoms with E-state index in [0.29, 0.717) is 23.7 Å². The third-order valence-corrected chi connectivity index (χ3v) is 5.64. The molecule has 0 atom stereocenters. The van der Waals surface area contributed by atoms with Crippen LogP contribution in [0.2, 0.25) is 5.02 Å². The Kier molecular flexibility index (Phi) is 5.07. The molecule has 0 unspecified atom stereocenters. The zero-order valence-electron chi connectivity index (χ0n) is 14.1. The Morgan fingerprint density at radius 2 is 1.81 bits per heavy atom. The minimum Gasteiger partial charge on any atom is -0.454 e. The normalized spacial score (nSPS) is 16.8. The summed E-state index contributed by atoms with van der Waals surface area (Å²) in [6.07, 6.45) is 0. The fourth-order valence-corrected chi connectivity index (χ4v) is 3.87. The van der Waals surface area contributed by atoms with E-state index in [-0.39, 0.29) is 12.7 Å². The molecule has 0 N–H and O–H groups in total. The van der Waals surface area contributed by atoms with Crippen molar-refractivity contribution < 1.29 is 14.3 Å². The fourth-order valence-electron chi connectivity index (χ4n) is 3.23. The van der Waals surface area contributed by atoms with Gasteiger partial charge in [0.05, 0.1) is 0 Å². The van der Waals surface area contributed by atoms with Crippen LogP contribution < -0.4 is 9.47 Å². The van der Waals surface area contributed by atoms with Gasteiger partial charge in [-0.05, 0) is 35.9 Å². The van der Waals surface area contributed by atoms with Crippen LogP contribution in [0.5, 0.6) is 11.5 Å². The van der Waals surface area contributed by atoms with Crippen molar-refractivity contribution in [3.63, 3.8) is 0 Å². The first-order valence-corrected chi connectivity index (χ1v) is 9.62. The number of benzene rings is 2. The molecule has 7 heteroatoms. The van der Waals surface area contributed by atoms with E-state index in [1.54, 1.807) is 12.1 Å². The summed E-state index contributed by atoms with van der Waals surface area (Å²) >= 11 is 9.60. The summed E-state index contributed by atoms with van der Waals surface area (Å²) in [5.41, 5.74) is 1.80. The van der Waals surface area contributed by atoms with E-state index in [9.17, 15) is 4.79 Å². The molecule has 2 aliphatic heterocycles. The first-order valence-electron chi connectivity index (χ1n) is 8.45. The summed E-state index contributed by atoms with van der Waals surface area (Å²) in [5.74, 6) is 1.60. The third kappa shape index (κ3) is 3.68. The van der Waals surface area contributed by atoms with E-state index in [1.165, 1.54) is 0 Å². The third-order valence-electron chi connectivity index (χ3n) is 4.67. The van der Waals surface area contributed by atoms with E-state index in [0.717, 1.165) is 41.2 Å². The van der Waals surface area contributed by atoms with Gasteiger partial charge in [0.2, 0.25) is 6.79 Å². The van der Waals surface area contributed by atoms with E-state index in [4.69, 9.17) is 21.1 Å². The fraction of sp³-hybridized carbons (Fsp3) is 0.316. The van der Waals surface area contributed by atoms with Gasteiger partial charge in [-0.25, -0.2) is 0 Å². The number of hydrogen-bond donors (Lipinski definition) is 0. The van der Waals surface area contributed by atoms with Crippen molar-refractivity contribution >= 4 is 33.4 Å². The highest BCUT2D eigenvalue weighted by molar-refractivity contribution is 9.10. The zero-order chi connectivity index (χ0) is 18.1. The number of fused-ring (bicyclic) bond motifs is 1. The van der Waals surface area contributed by atoms with Crippen LogP contribution in [0.25, 0.3) is 0 Å². The quantitative estimate of drug-likeness (QED) is 0.733. The number of rotatable bonds is 3. The minimum absolute atomic E-state index is 0.0383. The van der Waals surface area contributed by atoms with Gasteiger partial charge < -0.3 is 14.4 Å². The molecule has 26 heavy (non-hydrogen) atoms. The molecule has 136 valence electrons. The summed E-state index contributed by atoms with van der Waals surface area (Å²) in [6.45, 7) is 4.13. The van der Waals surface area contributed by atoms with Crippen LogP contribution in [0.4, 0.5) is 0 Å². The van der Waals surface area contributed by atoms with Crippen molar-refractivity contribution in [2.24, 2.45) is 0 Å². The Bertz CT molecular complexity index is 838. The lowest BCUT2D eigenvalue weighted by atomic mass is 10.1. The Morgan fingerprint density at radius 3 is 2.54 bits per heavy atom. The number of piperazine rings is 1. The smallest absolute Gasteiger partial charge is 0.253 e. The molecule has 5 nitrogen and oxygen atoms in total. The van der Waals surface area contributed by atoms with E-state index in [1.807, 2.05) is 29.2 Å². The van der Waals surface area contributed by atoms with Crippen molar-refractivity contribution in [3.05, 3.63) is 57.0 Å². The maximum atomic E-state index is 12.6. The van der Waals surface area contributed by atoms with Gasteiger partial charge in [-0.1, -0.05) is 33.6 Å². The molecule has 2 heterocycles. The Balaban J connectivity index is 1.37. The van der Waals surface area contributed by atoms with Crippen molar-refractivity contribution in [2.75, 3.05) is 33.0 Å². The van der Waals surface area contributed by atoms with Crippen LogP contribution in [-0.2, 0) is 6.54 Å². The molecule has 2 aliphatic rings. The maximum absolute atomic E-state index is 12.6. The summed E-state index contributed by atoms with van der Waals surface area (Å²) in [5, 5.41) is 0.585. The van der Waals surface area contributed by atoms with Gasteiger partial charge in [0.1, 0.15) is 0 Å². The predicted molar refractivity (Wildman–Crippen MR) is 103 cm³/mol. The van der Waals surface area contributed by atoms with Crippen LogP contribution in [0.1, 0.15) is 15.9 Å². The summed E-state index contributed by atoms with van der Waals surface area (Å²) in [7, 11) is 0. The lowest BCUT2D eigenvalue weighted by Crippen LogP contribution is -2.48. The second-order valence-corrected chi connectivity index (χ2v) is 7.67. The monoisotopic (exact) mass is 436 g/mol. The Hall–Kier alpha value is -1.76. The molecule has 0 saturated carbocycles. The molecule has 1 amide bonds. The van der Waals surface area contributed by atoms with Gasteiger partial charge >= 0.3 is 0 Å². The molecule has 1 saturated heterocycles. The summed E-state index contributed by atoms with van der Waals surface area (Å²) in [4.78, 5) is 16.8. The highest BCUT2D eigenvalue weighted by Gasteiger charge is 2.24. The molecule has 0 radical (unpaired) electrons. The predicted octanol–water partition coefficient (Wildman–Crippen LogP) is 3.79. The molecule has 0 aliphatic carbocycles. The van der Waals surface area contributed by atoms with Crippen LogP contribution in [0, 0.1) is 0 Å². The molecule has 1 fully saturated rings. The number of halogens is 2. The maximum Gasteiger partial charge on any atom is 0.253 e. The van der Waals surface area contributed by atoms with Crippen molar-refractivity contribution in [1.29, 1.82) is 0 Å². The second-order valence-electron chi connectivity index (χ2n) is 6.38. The number of ether oxygens (including phenoxy) is 2. The summed E-state index contributed by atoms with van der Waals surface area (Å²) in [6, 6.07) is 11.1. The van der Waals surface area contributed by atoms with Crippen LogP contribution in [-0.4, -0.2) is 48.7 Å². The molecule has 2 aromatic rings. The van der Waals surface area contributed by atoms with Gasteiger partial charge in [0.25, 0.3) is 5.91 Å². The van der Waals surface area contributed by atoms with E-state index < -0.39 is 0 Å². The molecule has 0 bridgehead atoms. The number of hydrogen-bond acceptors (Lipinski definition) is 4. The van der Waals surface area contributed by atoms with Gasteiger partial charge in [0.15, 0.2) is 11.5 Å². The molecule has 0 spiro atoms. The topological polar surface area (TPSA) is 42.0 Å². The van der Waals surface area contributed by atoms with E-state index in [2.05, 4.69) is 20.8 Å². The van der Waals surface area contributed by atoms with Gasteiger partial charge in [0, 0.05) is 47.8 Å². The number of carbonyl (C=O) groups excluding carboxylic acids is 1. The standard InChI is InChI=1S/C19H18BrClN2O3/c20-16-10-18-17(25-12-26-18)9-14(16)11-22-4-6-23(7-5-22)19(24)13-2-1-3-15(21)8-13/h1-3,8-10H,4-7,11-12H2. The Labute approximate surface area is 165 Å².